The maximum atomic E-state index is 9.32. The second-order valence-electron chi connectivity index (χ2n) is 3.39. The van der Waals surface area contributed by atoms with Crippen molar-refractivity contribution < 1.29 is 5.11 Å². The summed E-state index contributed by atoms with van der Waals surface area (Å²) < 4.78 is 0. The SMILES string of the molecule is Oc1ccc2c(c1)CC(CBr)NC2. The van der Waals surface area contributed by atoms with E-state index in [0.717, 1.165) is 18.3 Å². The molecule has 70 valence electrons. The van der Waals surface area contributed by atoms with Gasteiger partial charge in [-0.2, -0.15) is 0 Å². The lowest BCUT2D eigenvalue weighted by molar-refractivity contribution is 0.469. The quantitative estimate of drug-likeness (QED) is 0.736. The fraction of sp³-hybridized carbons (Fsp3) is 0.400. The van der Waals surface area contributed by atoms with Gasteiger partial charge in [-0.15, -0.1) is 0 Å². The number of hydrogen-bond acceptors (Lipinski definition) is 2. The third kappa shape index (κ3) is 1.86. The van der Waals surface area contributed by atoms with Gasteiger partial charge >= 0.3 is 0 Å². The van der Waals surface area contributed by atoms with Crippen molar-refractivity contribution in [2.24, 2.45) is 0 Å². The zero-order valence-electron chi connectivity index (χ0n) is 7.26. The number of nitrogens with one attached hydrogen (secondary N) is 1. The molecular weight excluding hydrogens is 230 g/mol. The minimum Gasteiger partial charge on any atom is -0.508 e. The fourth-order valence-electron chi connectivity index (χ4n) is 1.68. The Morgan fingerprint density at radius 1 is 1.46 bits per heavy atom. The van der Waals surface area contributed by atoms with Gasteiger partial charge in [-0.05, 0) is 29.7 Å². The smallest absolute Gasteiger partial charge is 0.115 e. The lowest BCUT2D eigenvalue weighted by Gasteiger charge is -2.24. The summed E-state index contributed by atoms with van der Waals surface area (Å²) in [5.74, 6) is 0.369. The summed E-state index contributed by atoms with van der Waals surface area (Å²) >= 11 is 3.46. The number of hydrogen-bond donors (Lipinski definition) is 2. The van der Waals surface area contributed by atoms with E-state index in [9.17, 15) is 5.11 Å². The molecule has 1 atom stereocenters. The topological polar surface area (TPSA) is 32.3 Å². The highest BCUT2D eigenvalue weighted by Crippen LogP contribution is 2.21. The van der Waals surface area contributed by atoms with Crippen LogP contribution in [0.15, 0.2) is 18.2 Å². The molecule has 2 nitrogen and oxygen atoms in total. The molecule has 1 aliphatic heterocycles. The average molecular weight is 242 g/mol. The summed E-state index contributed by atoms with van der Waals surface area (Å²) in [7, 11) is 0. The van der Waals surface area contributed by atoms with Crippen molar-refractivity contribution in [2.75, 3.05) is 5.33 Å². The molecule has 1 unspecified atom stereocenters. The molecule has 0 radical (unpaired) electrons. The maximum Gasteiger partial charge on any atom is 0.115 e. The van der Waals surface area contributed by atoms with Crippen LogP contribution in [-0.2, 0) is 13.0 Å². The van der Waals surface area contributed by atoms with Crippen LogP contribution in [0.25, 0.3) is 0 Å². The Hall–Kier alpha value is -0.540. The lowest BCUT2D eigenvalue weighted by Crippen LogP contribution is -2.36. The molecule has 2 rings (SSSR count). The van der Waals surface area contributed by atoms with E-state index in [4.69, 9.17) is 0 Å². The Balaban J connectivity index is 2.27. The summed E-state index contributed by atoms with van der Waals surface area (Å²) in [5, 5.41) is 13.7. The minimum atomic E-state index is 0.369. The molecule has 0 aliphatic carbocycles. The highest BCUT2D eigenvalue weighted by atomic mass is 79.9. The minimum absolute atomic E-state index is 0.369. The zero-order valence-corrected chi connectivity index (χ0v) is 8.84. The standard InChI is InChI=1S/C10H12BrNO/c11-5-9-3-8-4-10(13)2-1-7(8)6-12-9/h1-2,4,9,12-13H,3,5-6H2. The van der Waals surface area contributed by atoms with E-state index >= 15 is 0 Å². The van der Waals surface area contributed by atoms with Crippen molar-refractivity contribution in [2.45, 2.75) is 19.0 Å². The van der Waals surface area contributed by atoms with Gasteiger partial charge in [0, 0.05) is 17.9 Å². The van der Waals surface area contributed by atoms with Crippen LogP contribution in [0, 0.1) is 0 Å². The van der Waals surface area contributed by atoms with Gasteiger partial charge in [0.2, 0.25) is 0 Å². The molecule has 3 heteroatoms. The number of halogens is 1. The van der Waals surface area contributed by atoms with Gasteiger partial charge in [0.15, 0.2) is 0 Å². The van der Waals surface area contributed by atoms with Crippen LogP contribution in [0.1, 0.15) is 11.1 Å². The number of rotatable bonds is 1. The van der Waals surface area contributed by atoms with E-state index in [0.29, 0.717) is 11.8 Å². The summed E-state index contributed by atoms with van der Waals surface area (Å²) in [5.41, 5.74) is 2.57. The molecule has 1 aromatic carbocycles. The fourth-order valence-corrected chi connectivity index (χ4v) is 2.13. The first-order valence-corrected chi connectivity index (χ1v) is 5.52. The molecule has 0 saturated carbocycles. The third-order valence-electron chi connectivity index (χ3n) is 2.42. The molecule has 0 fully saturated rings. The first-order valence-electron chi connectivity index (χ1n) is 4.39. The Kier molecular flexibility index (Phi) is 2.56. The number of alkyl halides is 1. The van der Waals surface area contributed by atoms with Crippen LogP contribution in [0.3, 0.4) is 0 Å². The summed E-state index contributed by atoms with van der Waals surface area (Å²) in [4.78, 5) is 0. The van der Waals surface area contributed by atoms with Crippen LogP contribution in [0.5, 0.6) is 5.75 Å². The number of fused-ring (bicyclic) bond motifs is 1. The van der Waals surface area contributed by atoms with Crippen molar-refractivity contribution in [3.63, 3.8) is 0 Å². The van der Waals surface area contributed by atoms with E-state index in [1.165, 1.54) is 11.1 Å². The Morgan fingerprint density at radius 2 is 2.31 bits per heavy atom. The van der Waals surface area contributed by atoms with E-state index in [1.807, 2.05) is 12.1 Å². The summed E-state index contributed by atoms with van der Waals surface area (Å²) in [6.45, 7) is 0.909. The number of phenols is 1. The molecule has 0 amide bonds. The number of phenolic OH excluding ortho intramolecular Hbond substituents is 1. The van der Waals surface area contributed by atoms with Crippen LogP contribution in [0.4, 0.5) is 0 Å². The van der Waals surface area contributed by atoms with Gasteiger partial charge in [-0.1, -0.05) is 22.0 Å². The predicted octanol–water partition coefficient (Wildman–Crippen LogP) is 1.80. The normalized spacial score (nSPS) is 21.2. The molecule has 2 N–H and O–H groups in total. The zero-order chi connectivity index (χ0) is 9.26. The first kappa shape index (κ1) is 9.03. The summed E-state index contributed by atoms with van der Waals surface area (Å²) in [6.07, 6.45) is 0.995. The molecule has 0 aromatic heterocycles. The monoisotopic (exact) mass is 241 g/mol. The predicted molar refractivity (Wildman–Crippen MR) is 56.2 cm³/mol. The number of aromatic hydroxyl groups is 1. The molecule has 13 heavy (non-hydrogen) atoms. The average Bonchev–Trinajstić information content (AvgIpc) is 2.16. The Morgan fingerprint density at radius 3 is 3.08 bits per heavy atom. The van der Waals surface area contributed by atoms with Gasteiger partial charge in [0.05, 0.1) is 0 Å². The summed E-state index contributed by atoms with van der Waals surface area (Å²) in [6, 6.07) is 6.09. The molecule has 0 saturated heterocycles. The van der Waals surface area contributed by atoms with Crippen LogP contribution < -0.4 is 5.32 Å². The molecular formula is C10H12BrNO. The third-order valence-corrected chi connectivity index (χ3v) is 3.21. The molecule has 0 bridgehead atoms. The second-order valence-corrected chi connectivity index (χ2v) is 4.04. The lowest BCUT2D eigenvalue weighted by atomic mass is 9.96. The molecule has 1 aromatic rings. The van der Waals surface area contributed by atoms with Crippen LogP contribution in [0.2, 0.25) is 0 Å². The highest BCUT2D eigenvalue weighted by Gasteiger charge is 2.16. The van der Waals surface area contributed by atoms with E-state index in [2.05, 4.69) is 21.2 Å². The van der Waals surface area contributed by atoms with Crippen LogP contribution >= 0.6 is 15.9 Å². The van der Waals surface area contributed by atoms with Crippen molar-refractivity contribution in [3.8, 4) is 5.75 Å². The highest BCUT2D eigenvalue weighted by molar-refractivity contribution is 9.09. The van der Waals surface area contributed by atoms with E-state index in [-0.39, 0.29) is 0 Å². The maximum absolute atomic E-state index is 9.32. The van der Waals surface area contributed by atoms with Crippen molar-refractivity contribution in [1.82, 2.24) is 5.32 Å². The Labute approximate surface area is 86.1 Å². The van der Waals surface area contributed by atoms with Crippen molar-refractivity contribution in [3.05, 3.63) is 29.3 Å². The van der Waals surface area contributed by atoms with Crippen LogP contribution in [-0.4, -0.2) is 16.5 Å². The van der Waals surface area contributed by atoms with Gasteiger partial charge in [0.25, 0.3) is 0 Å². The van der Waals surface area contributed by atoms with Gasteiger partial charge in [0.1, 0.15) is 5.75 Å². The van der Waals surface area contributed by atoms with Crippen molar-refractivity contribution >= 4 is 15.9 Å². The van der Waals surface area contributed by atoms with Gasteiger partial charge in [-0.3, -0.25) is 0 Å². The molecule has 0 spiro atoms. The van der Waals surface area contributed by atoms with Crippen molar-refractivity contribution in [1.29, 1.82) is 0 Å². The largest absolute Gasteiger partial charge is 0.508 e. The molecule has 1 aliphatic rings. The number of benzene rings is 1. The van der Waals surface area contributed by atoms with E-state index in [1.54, 1.807) is 6.07 Å². The molecule has 1 heterocycles. The first-order chi connectivity index (χ1) is 6.29. The Bertz CT molecular complexity index is 314. The van der Waals surface area contributed by atoms with Gasteiger partial charge < -0.3 is 10.4 Å². The van der Waals surface area contributed by atoms with Gasteiger partial charge in [-0.25, -0.2) is 0 Å². The second kappa shape index (κ2) is 3.68. The van der Waals surface area contributed by atoms with E-state index < -0.39 is 0 Å².